The molecule has 0 saturated heterocycles. The minimum atomic E-state index is 0.856. The highest BCUT2D eigenvalue weighted by molar-refractivity contribution is 6.16. The summed E-state index contributed by atoms with van der Waals surface area (Å²) >= 11 is 0. The van der Waals surface area contributed by atoms with Crippen LogP contribution in [0.4, 0.5) is 17.1 Å². The molecular weight excluding hydrogens is 709 g/mol. The Bertz CT molecular complexity index is 3480. The SMILES string of the molecule is c1ccc(N(c2cc(-c3ccccc3-n3c4ccccc4c4ccccc43)c3oc4ccccc4c3c2)c2ccccc2-c2cccc3oc4ccccc4c23)cc1. The summed E-state index contributed by atoms with van der Waals surface area (Å²) in [5, 5.41) is 6.79. The molecule has 0 atom stereocenters. The van der Waals surface area contributed by atoms with Crippen molar-refractivity contribution < 1.29 is 8.83 Å². The fourth-order valence-corrected chi connectivity index (χ4v) is 9.12. The maximum Gasteiger partial charge on any atom is 0.143 e. The molecule has 12 aromatic rings. The smallest absolute Gasteiger partial charge is 0.143 e. The summed E-state index contributed by atoms with van der Waals surface area (Å²) in [7, 11) is 0. The topological polar surface area (TPSA) is 34.5 Å². The molecule has 0 aliphatic rings. The van der Waals surface area contributed by atoms with Crippen molar-refractivity contribution in [2.75, 3.05) is 4.90 Å². The number of aromatic nitrogens is 1. The quantitative estimate of drug-likeness (QED) is 0.170. The second-order valence-electron chi connectivity index (χ2n) is 14.8. The van der Waals surface area contributed by atoms with Crippen LogP contribution < -0.4 is 4.90 Å². The predicted molar refractivity (Wildman–Crippen MR) is 241 cm³/mol. The molecule has 0 N–H and O–H groups in total. The van der Waals surface area contributed by atoms with Crippen LogP contribution >= 0.6 is 0 Å². The van der Waals surface area contributed by atoms with E-state index < -0.39 is 0 Å². The van der Waals surface area contributed by atoms with Gasteiger partial charge in [0.05, 0.1) is 22.4 Å². The van der Waals surface area contributed by atoms with E-state index in [9.17, 15) is 0 Å². The van der Waals surface area contributed by atoms with E-state index in [1.807, 2.05) is 18.2 Å². The molecule has 3 aromatic heterocycles. The Morgan fingerprint density at radius 1 is 0.345 bits per heavy atom. The lowest BCUT2D eigenvalue weighted by Crippen LogP contribution is -2.11. The van der Waals surface area contributed by atoms with Crippen LogP contribution in [-0.4, -0.2) is 4.57 Å². The van der Waals surface area contributed by atoms with Crippen molar-refractivity contribution in [2.45, 2.75) is 0 Å². The number of anilines is 3. The lowest BCUT2D eigenvalue weighted by atomic mass is 9.96. The first-order valence-corrected chi connectivity index (χ1v) is 19.7. The van der Waals surface area contributed by atoms with Crippen molar-refractivity contribution in [2.24, 2.45) is 0 Å². The number of nitrogens with zero attached hydrogens (tertiary/aromatic N) is 2. The van der Waals surface area contributed by atoms with Crippen molar-refractivity contribution in [3.8, 4) is 27.9 Å². The van der Waals surface area contributed by atoms with Crippen LogP contribution in [0.3, 0.4) is 0 Å². The number of hydrogen-bond donors (Lipinski definition) is 0. The average molecular weight is 743 g/mol. The molecule has 272 valence electrons. The third-order valence-corrected chi connectivity index (χ3v) is 11.6. The highest BCUT2D eigenvalue weighted by atomic mass is 16.3. The summed E-state index contributed by atoms with van der Waals surface area (Å²) in [4.78, 5) is 2.39. The van der Waals surface area contributed by atoms with E-state index in [1.54, 1.807) is 0 Å². The predicted octanol–water partition coefficient (Wildman–Crippen LogP) is 15.4. The van der Waals surface area contributed by atoms with Gasteiger partial charge in [-0.1, -0.05) is 140 Å². The zero-order valence-corrected chi connectivity index (χ0v) is 31.3. The molecule has 0 amide bonds. The summed E-state index contributed by atoms with van der Waals surface area (Å²) in [6, 6.07) is 73.2. The van der Waals surface area contributed by atoms with Gasteiger partial charge in [0.15, 0.2) is 0 Å². The zero-order chi connectivity index (χ0) is 38.2. The fourth-order valence-electron chi connectivity index (χ4n) is 9.12. The van der Waals surface area contributed by atoms with Gasteiger partial charge in [-0.3, -0.25) is 0 Å². The largest absolute Gasteiger partial charge is 0.456 e. The fraction of sp³-hybridized carbons (Fsp3) is 0. The second kappa shape index (κ2) is 12.9. The highest BCUT2D eigenvalue weighted by Gasteiger charge is 2.25. The normalized spacial score (nSPS) is 11.8. The van der Waals surface area contributed by atoms with Crippen LogP contribution in [-0.2, 0) is 0 Å². The Balaban J connectivity index is 1.16. The first kappa shape index (κ1) is 32.4. The van der Waals surface area contributed by atoms with Gasteiger partial charge in [-0.05, 0) is 72.3 Å². The summed E-state index contributed by atoms with van der Waals surface area (Å²) in [6.45, 7) is 0. The molecule has 0 fully saturated rings. The monoisotopic (exact) mass is 742 g/mol. The van der Waals surface area contributed by atoms with E-state index in [0.717, 1.165) is 99.9 Å². The van der Waals surface area contributed by atoms with E-state index in [1.165, 1.54) is 10.8 Å². The first-order valence-electron chi connectivity index (χ1n) is 19.7. The van der Waals surface area contributed by atoms with Crippen LogP contribution in [0, 0.1) is 0 Å². The molecule has 0 bridgehead atoms. The number of rotatable bonds is 6. The average Bonchev–Trinajstić information content (AvgIpc) is 3.97. The summed E-state index contributed by atoms with van der Waals surface area (Å²) in [5.41, 5.74) is 14.3. The van der Waals surface area contributed by atoms with Gasteiger partial charge in [0, 0.05) is 60.4 Å². The molecule has 0 aliphatic heterocycles. The Labute approximate surface area is 334 Å². The van der Waals surface area contributed by atoms with Gasteiger partial charge in [-0.2, -0.15) is 0 Å². The molecule has 0 saturated carbocycles. The lowest BCUT2D eigenvalue weighted by Gasteiger charge is -2.29. The molecule has 0 aliphatic carbocycles. The van der Waals surface area contributed by atoms with Gasteiger partial charge in [0.25, 0.3) is 0 Å². The molecule has 0 unspecified atom stereocenters. The number of benzene rings is 9. The van der Waals surface area contributed by atoms with Gasteiger partial charge in [-0.15, -0.1) is 0 Å². The number of fused-ring (bicyclic) bond motifs is 9. The molecule has 3 heterocycles. The van der Waals surface area contributed by atoms with Crippen molar-refractivity contribution in [3.05, 3.63) is 206 Å². The minimum absolute atomic E-state index is 0.856. The number of furan rings is 2. The third-order valence-electron chi connectivity index (χ3n) is 11.6. The lowest BCUT2D eigenvalue weighted by molar-refractivity contribution is 0.669. The molecule has 12 rings (SSSR count). The minimum Gasteiger partial charge on any atom is -0.456 e. The van der Waals surface area contributed by atoms with Crippen LogP contribution in [0.2, 0.25) is 0 Å². The van der Waals surface area contributed by atoms with Crippen molar-refractivity contribution in [3.63, 3.8) is 0 Å². The first-order chi connectivity index (χ1) is 28.8. The summed E-state index contributed by atoms with van der Waals surface area (Å²) in [5.74, 6) is 0. The Hall–Kier alpha value is -7.82. The van der Waals surface area contributed by atoms with E-state index in [-0.39, 0.29) is 0 Å². The molecule has 58 heavy (non-hydrogen) atoms. The van der Waals surface area contributed by atoms with Gasteiger partial charge in [0.2, 0.25) is 0 Å². The third kappa shape index (κ3) is 4.88. The maximum absolute atomic E-state index is 6.87. The van der Waals surface area contributed by atoms with Gasteiger partial charge < -0.3 is 18.3 Å². The molecule has 0 radical (unpaired) electrons. The van der Waals surface area contributed by atoms with E-state index in [2.05, 4.69) is 198 Å². The highest BCUT2D eigenvalue weighted by Crippen LogP contribution is 2.48. The zero-order valence-electron chi connectivity index (χ0n) is 31.3. The van der Waals surface area contributed by atoms with Gasteiger partial charge in [-0.25, -0.2) is 0 Å². The van der Waals surface area contributed by atoms with E-state index >= 15 is 0 Å². The Kier molecular flexibility index (Phi) is 7.20. The van der Waals surface area contributed by atoms with Crippen LogP contribution in [0.5, 0.6) is 0 Å². The number of para-hydroxylation sites is 7. The van der Waals surface area contributed by atoms with Crippen LogP contribution in [0.15, 0.2) is 215 Å². The van der Waals surface area contributed by atoms with Crippen molar-refractivity contribution in [1.29, 1.82) is 0 Å². The van der Waals surface area contributed by atoms with Crippen molar-refractivity contribution >= 4 is 82.7 Å². The van der Waals surface area contributed by atoms with Gasteiger partial charge >= 0.3 is 0 Å². The standard InChI is InChI=1S/C54H34N2O2/c1-2-17-35(18-3-1)55(46-26-10-6-21-39(46)42-25-16-32-52-53(42)43-24-9-15-31-51(43)57-52)36-33-44(54-45(34-36)41-23-8-14-30-50(41)58-54)40-22-7-13-29-49(40)56-47-27-11-4-19-37(47)38-20-5-12-28-48(38)56/h1-34H. The maximum atomic E-state index is 6.87. The van der Waals surface area contributed by atoms with E-state index in [0.29, 0.717) is 0 Å². The van der Waals surface area contributed by atoms with Crippen LogP contribution in [0.1, 0.15) is 0 Å². The Morgan fingerprint density at radius 2 is 0.914 bits per heavy atom. The van der Waals surface area contributed by atoms with E-state index in [4.69, 9.17) is 8.83 Å². The van der Waals surface area contributed by atoms with Crippen molar-refractivity contribution in [1.82, 2.24) is 4.57 Å². The number of hydrogen-bond acceptors (Lipinski definition) is 3. The molecular formula is C54H34N2O2. The molecule has 4 heteroatoms. The molecule has 0 spiro atoms. The van der Waals surface area contributed by atoms with Gasteiger partial charge in [0.1, 0.15) is 22.3 Å². The Morgan fingerprint density at radius 3 is 1.69 bits per heavy atom. The summed E-state index contributed by atoms with van der Waals surface area (Å²) in [6.07, 6.45) is 0. The van der Waals surface area contributed by atoms with Crippen LogP contribution in [0.25, 0.3) is 93.6 Å². The molecule has 4 nitrogen and oxygen atoms in total. The summed E-state index contributed by atoms with van der Waals surface area (Å²) < 4.78 is 15.7. The molecule has 9 aromatic carbocycles. The second-order valence-corrected chi connectivity index (χ2v) is 14.8.